The molecule has 0 amide bonds. The maximum Gasteiger partial charge on any atom is 0.237 e. The number of alkyl halides is 1. The first-order chi connectivity index (χ1) is 18.7. The molecule has 3 aromatic rings. The predicted molar refractivity (Wildman–Crippen MR) is 159 cm³/mol. The van der Waals surface area contributed by atoms with Crippen LogP contribution in [0.2, 0.25) is 0 Å². The molecule has 0 radical (unpaired) electrons. The molecular formula is C32H42FN5O. The first kappa shape index (κ1) is 29.8. The van der Waals surface area contributed by atoms with E-state index in [-0.39, 0.29) is 18.0 Å². The van der Waals surface area contributed by atoms with Crippen LogP contribution in [0.5, 0.6) is 11.6 Å². The van der Waals surface area contributed by atoms with Crippen LogP contribution in [-0.2, 0) is 0 Å². The van der Waals surface area contributed by atoms with Crippen molar-refractivity contribution in [2.45, 2.75) is 91.3 Å². The summed E-state index contributed by atoms with van der Waals surface area (Å²) in [7, 11) is 0. The number of hydrogen-bond acceptors (Lipinski definition) is 5. The van der Waals surface area contributed by atoms with Crippen LogP contribution in [0.3, 0.4) is 0 Å². The lowest BCUT2D eigenvalue weighted by Gasteiger charge is -2.32. The fraction of sp³-hybridized carbons (Fsp3) is 0.438. The summed E-state index contributed by atoms with van der Waals surface area (Å²) >= 11 is 0. The normalized spacial score (nSPS) is 18.4. The summed E-state index contributed by atoms with van der Waals surface area (Å²) in [5.41, 5.74) is 14.7. The fourth-order valence-corrected chi connectivity index (χ4v) is 4.45. The molecule has 7 heteroatoms. The van der Waals surface area contributed by atoms with E-state index < -0.39 is 5.67 Å². The maximum atomic E-state index is 15.1. The summed E-state index contributed by atoms with van der Waals surface area (Å²) in [5.74, 6) is 0.822. The van der Waals surface area contributed by atoms with Gasteiger partial charge in [0.15, 0.2) is 5.67 Å². The minimum Gasteiger partial charge on any atom is -0.438 e. The van der Waals surface area contributed by atoms with Crippen LogP contribution in [0.15, 0.2) is 54.4 Å². The van der Waals surface area contributed by atoms with E-state index in [4.69, 9.17) is 16.2 Å². The van der Waals surface area contributed by atoms with Gasteiger partial charge < -0.3 is 20.8 Å². The van der Waals surface area contributed by atoms with Crippen molar-refractivity contribution in [2.24, 2.45) is 5.73 Å². The van der Waals surface area contributed by atoms with Gasteiger partial charge in [-0.25, -0.2) is 9.37 Å². The zero-order valence-electron chi connectivity index (χ0n) is 23.9. The van der Waals surface area contributed by atoms with E-state index in [1.54, 1.807) is 24.4 Å². The van der Waals surface area contributed by atoms with Gasteiger partial charge in [0, 0.05) is 35.8 Å². The van der Waals surface area contributed by atoms with Crippen LogP contribution in [0.1, 0.15) is 96.9 Å². The molecule has 2 aliphatic carbocycles. The first-order valence-corrected chi connectivity index (χ1v) is 14.0. The lowest BCUT2D eigenvalue weighted by molar-refractivity contribution is 0.241. The van der Waals surface area contributed by atoms with Crippen molar-refractivity contribution >= 4 is 22.2 Å². The molecule has 208 valence electrons. The van der Waals surface area contributed by atoms with E-state index in [2.05, 4.69) is 43.3 Å². The van der Waals surface area contributed by atoms with Crippen LogP contribution in [-0.4, -0.2) is 15.2 Å². The molecule has 2 heterocycles. The Hall–Kier alpha value is -3.79. The number of aromatic nitrogens is 2. The molecule has 1 fully saturated rings. The minimum atomic E-state index is -1.61. The summed E-state index contributed by atoms with van der Waals surface area (Å²) in [5, 5.41) is 10.2. The molecule has 0 bridgehead atoms. The van der Waals surface area contributed by atoms with Gasteiger partial charge in [-0.1, -0.05) is 53.0 Å². The van der Waals surface area contributed by atoms with Crippen LogP contribution in [0.4, 0.5) is 10.1 Å². The molecule has 1 saturated carbocycles. The van der Waals surface area contributed by atoms with Gasteiger partial charge in [-0.05, 0) is 62.1 Å². The fourth-order valence-electron chi connectivity index (χ4n) is 4.45. The molecule has 2 aromatic heterocycles. The van der Waals surface area contributed by atoms with E-state index in [9.17, 15) is 5.26 Å². The zero-order chi connectivity index (χ0) is 28.6. The Bertz CT molecular complexity index is 1370. The molecule has 1 unspecified atom stereocenters. The van der Waals surface area contributed by atoms with Gasteiger partial charge in [0.25, 0.3) is 0 Å². The van der Waals surface area contributed by atoms with E-state index in [1.165, 1.54) is 26.2 Å². The van der Waals surface area contributed by atoms with Gasteiger partial charge in [-0.15, -0.1) is 0 Å². The number of ether oxygens (including phenoxy) is 1. The molecule has 0 aliphatic heterocycles. The zero-order valence-corrected chi connectivity index (χ0v) is 23.9. The Morgan fingerprint density at radius 3 is 2.38 bits per heavy atom. The lowest BCUT2D eigenvalue weighted by Crippen LogP contribution is -2.30. The number of pyridine rings is 1. The van der Waals surface area contributed by atoms with Crippen molar-refractivity contribution in [1.82, 2.24) is 9.55 Å². The van der Waals surface area contributed by atoms with Crippen molar-refractivity contribution in [3.05, 3.63) is 65.6 Å². The number of halogens is 1. The maximum absolute atomic E-state index is 15.1. The number of nitriles is 1. The predicted octanol–water partition coefficient (Wildman–Crippen LogP) is 8.59. The van der Waals surface area contributed by atoms with Crippen LogP contribution in [0, 0.1) is 11.3 Å². The highest BCUT2D eigenvalue weighted by Gasteiger charge is 2.34. The standard InChI is InChI=1S/C25H24FN5O.C4H10.C3H8/c1-25(26)13-15(7-10-21(25)28)23-22(29)19-9-8-18(12-20(19)31(23)17-5-2-6-17)32-24-16(14-27)4-3-11-30-24;1-3-4-2;1-3-2/h3-4,7-12,17H,2,5-6,13,28-29H2,1H3;3-4H2,1-2H3;3H2,1-2H3. The summed E-state index contributed by atoms with van der Waals surface area (Å²) < 4.78 is 23.2. The van der Waals surface area contributed by atoms with Crippen molar-refractivity contribution in [3.8, 4) is 17.7 Å². The summed E-state index contributed by atoms with van der Waals surface area (Å²) in [6, 6.07) is 11.4. The Balaban J connectivity index is 0.000000542. The van der Waals surface area contributed by atoms with E-state index >= 15 is 4.39 Å². The highest BCUT2D eigenvalue weighted by molar-refractivity contribution is 6.00. The second-order valence-electron chi connectivity index (χ2n) is 10.4. The van der Waals surface area contributed by atoms with E-state index in [0.29, 0.717) is 23.0 Å². The van der Waals surface area contributed by atoms with Crippen LogP contribution < -0.4 is 16.2 Å². The Kier molecular flexibility index (Phi) is 10.2. The molecule has 2 aliphatic rings. The molecule has 0 saturated heterocycles. The van der Waals surface area contributed by atoms with Gasteiger partial charge in [0.05, 0.1) is 16.9 Å². The van der Waals surface area contributed by atoms with Crippen molar-refractivity contribution in [3.63, 3.8) is 0 Å². The highest BCUT2D eigenvalue weighted by atomic mass is 19.1. The van der Waals surface area contributed by atoms with Crippen LogP contribution in [0.25, 0.3) is 16.5 Å². The second kappa shape index (κ2) is 13.3. The largest absolute Gasteiger partial charge is 0.438 e. The van der Waals surface area contributed by atoms with Gasteiger partial charge in [0.2, 0.25) is 5.88 Å². The molecule has 0 spiro atoms. The summed E-state index contributed by atoms with van der Waals surface area (Å²) in [6.07, 6.45) is 12.4. The average molecular weight is 532 g/mol. The molecule has 1 aromatic carbocycles. The van der Waals surface area contributed by atoms with Crippen molar-refractivity contribution in [1.29, 1.82) is 5.26 Å². The number of anilines is 1. The Morgan fingerprint density at radius 1 is 1.13 bits per heavy atom. The molecular weight excluding hydrogens is 489 g/mol. The third-order valence-electron chi connectivity index (χ3n) is 6.95. The SMILES string of the molecule is CC1(F)CC(c2c(N)c3ccc(Oc4ncccc4C#N)cc3n2C2CCC2)=CC=C1N.CCC.CCCC. The third-order valence-corrected chi connectivity index (χ3v) is 6.95. The first-order valence-electron chi connectivity index (χ1n) is 14.0. The molecule has 1 atom stereocenters. The number of nitrogen functional groups attached to an aromatic ring is 1. The third kappa shape index (κ3) is 6.62. The van der Waals surface area contributed by atoms with Gasteiger partial charge in [-0.2, -0.15) is 5.26 Å². The van der Waals surface area contributed by atoms with Crippen LogP contribution >= 0.6 is 0 Å². The highest BCUT2D eigenvalue weighted by Crippen LogP contribution is 2.46. The topological polar surface area (TPSA) is 103 Å². The number of fused-ring (bicyclic) bond motifs is 1. The molecule has 6 nitrogen and oxygen atoms in total. The Morgan fingerprint density at radius 2 is 1.82 bits per heavy atom. The number of benzene rings is 1. The lowest BCUT2D eigenvalue weighted by atomic mass is 9.87. The number of hydrogen-bond donors (Lipinski definition) is 2. The smallest absolute Gasteiger partial charge is 0.237 e. The van der Waals surface area contributed by atoms with Crippen molar-refractivity contribution < 1.29 is 9.13 Å². The molecule has 5 rings (SSSR count). The minimum absolute atomic E-state index is 0.172. The average Bonchev–Trinajstić information content (AvgIpc) is 3.17. The van der Waals surface area contributed by atoms with E-state index in [1.807, 2.05) is 24.3 Å². The second-order valence-corrected chi connectivity index (χ2v) is 10.4. The monoisotopic (exact) mass is 531 g/mol. The van der Waals surface area contributed by atoms with Gasteiger partial charge >= 0.3 is 0 Å². The number of nitrogens with zero attached hydrogens (tertiary/aromatic N) is 3. The van der Waals surface area contributed by atoms with Crippen molar-refractivity contribution in [2.75, 3.05) is 5.73 Å². The summed E-state index contributed by atoms with van der Waals surface area (Å²) in [4.78, 5) is 4.18. The van der Waals surface area contributed by atoms with E-state index in [0.717, 1.165) is 41.4 Å². The molecule has 39 heavy (non-hydrogen) atoms. The number of rotatable bonds is 5. The van der Waals surface area contributed by atoms with Gasteiger partial charge in [-0.3, -0.25) is 0 Å². The summed E-state index contributed by atoms with van der Waals surface area (Å²) in [6.45, 7) is 10.1. The number of allylic oxidation sites excluding steroid dienone is 4. The number of nitrogens with two attached hydrogens (primary N) is 2. The van der Waals surface area contributed by atoms with Gasteiger partial charge in [0.1, 0.15) is 17.4 Å². The number of unbranched alkanes of at least 4 members (excludes halogenated alkanes) is 1. The molecule has 4 N–H and O–H groups in total. The Labute approximate surface area is 232 Å². The quantitative estimate of drug-likeness (QED) is 0.343.